The first-order chi connectivity index (χ1) is 11.5. The molecule has 5 nitrogen and oxygen atoms in total. The highest BCUT2D eigenvalue weighted by Crippen LogP contribution is 2.28. The van der Waals surface area contributed by atoms with Gasteiger partial charge in [0.1, 0.15) is 11.4 Å². The molecule has 1 aliphatic rings. The van der Waals surface area contributed by atoms with E-state index in [2.05, 4.69) is 5.32 Å². The Bertz CT molecular complexity index is 810. The van der Waals surface area contributed by atoms with Gasteiger partial charge in [0.15, 0.2) is 11.2 Å². The predicted molar refractivity (Wildman–Crippen MR) is 89.4 cm³/mol. The Hall–Kier alpha value is -2.21. The molecule has 0 spiro atoms. The second kappa shape index (κ2) is 6.73. The highest BCUT2D eigenvalue weighted by molar-refractivity contribution is 5.93. The van der Waals surface area contributed by atoms with Crippen molar-refractivity contribution in [1.82, 2.24) is 5.32 Å². The van der Waals surface area contributed by atoms with Crippen molar-refractivity contribution in [3.8, 4) is 0 Å². The van der Waals surface area contributed by atoms with Crippen LogP contribution in [0.1, 0.15) is 49.1 Å². The van der Waals surface area contributed by atoms with Gasteiger partial charge in [-0.15, -0.1) is 0 Å². The van der Waals surface area contributed by atoms with E-state index in [-0.39, 0.29) is 22.3 Å². The van der Waals surface area contributed by atoms with E-state index >= 15 is 0 Å². The zero-order valence-electron chi connectivity index (χ0n) is 13.4. The van der Waals surface area contributed by atoms with Crippen molar-refractivity contribution < 1.29 is 13.6 Å². The van der Waals surface area contributed by atoms with Gasteiger partial charge in [-0.2, -0.15) is 0 Å². The van der Waals surface area contributed by atoms with Crippen molar-refractivity contribution in [1.29, 1.82) is 0 Å². The van der Waals surface area contributed by atoms with Gasteiger partial charge in [-0.1, -0.05) is 19.3 Å². The molecule has 0 bridgehead atoms. The first kappa shape index (κ1) is 16.6. The summed E-state index contributed by atoms with van der Waals surface area (Å²) in [6.07, 6.45) is 6.11. The van der Waals surface area contributed by atoms with Crippen LogP contribution in [-0.2, 0) is 0 Å². The van der Waals surface area contributed by atoms with Crippen LogP contribution in [0.25, 0.3) is 11.0 Å². The van der Waals surface area contributed by atoms with Gasteiger partial charge >= 0.3 is 0 Å². The van der Waals surface area contributed by atoms with Crippen molar-refractivity contribution in [2.75, 3.05) is 6.54 Å². The minimum absolute atomic E-state index is 0.0752. The fourth-order valence-electron chi connectivity index (χ4n) is 3.26. The van der Waals surface area contributed by atoms with Crippen LogP contribution in [0, 0.1) is 5.82 Å². The number of carbonyl (C=O) groups excluding carboxylic acids is 1. The summed E-state index contributed by atoms with van der Waals surface area (Å²) in [5.74, 6) is -1.06. The minimum Gasteiger partial charge on any atom is -0.451 e. The summed E-state index contributed by atoms with van der Waals surface area (Å²) in [5.41, 5.74) is 5.87. The van der Waals surface area contributed by atoms with E-state index in [1.165, 1.54) is 18.6 Å². The Balaban J connectivity index is 1.68. The Morgan fingerprint density at radius 1 is 1.25 bits per heavy atom. The predicted octanol–water partition coefficient (Wildman–Crippen LogP) is 2.71. The molecule has 0 saturated heterocycles. The molecule has 0 atom stereocenters. The van der Waals surface area contributed by atoms with Gasteiger partial charge in [0.2, 0.25) is 0 Å². The summed E-state index contributed by atoms with van der Waals surface area (Å²) in [4.78, 5) is 24.2. The highest BCUT2D eigenvalue weighted by Gasteiger charge is 2.27. The number of fused-ring (bicyclic) bond motifs is 1. The van der Waals surface area contributed by atoms with E-state index < -0.39 is 17.2 Å². The zero-order chi connectivity index (χ0) is 17.2. The standard InChI is InChI=1S/C18H21FN2O3/c19-12-4-5-15-13(10-12)14(22)11-16(24-15)17(23)21-9-8-18(20)6-2-1-3-7-18/h4-5,10-11H,1-3,6-9,20H2,(H,21,23). The molecule has 1 amide bonds. The average molecular weight is 332 g/mol. The minimum atomic E-state index is -0.521. The van der Waals surface area contributed by atoms with Gasteiger partial charge in [0.05, 0.1) is 5.39 Å². The van der Waals surface area contributed by atoms with Gasteiger partial charge in [0.25, 0.3) is 5.91 Å². The molecule has 3 rings (SSSR count). The summed E-state index contributed by atoms with van der Waals surface area (Å²) >= 11 is 0. The van der Waals surface area contributed by atoms with Crippen LogP contribution in [0.2, 0.25) is 0 Å². The molecule has 2 aromatic rings. The molecule has 0 aliphatic heterocycles. The van der Waals surface area contributed by atoms with Crippen molar-refractivity contribution in [2.45, 2.75) is 44.1 Å². The van der Waals surface area contributed by atoms with Gasteiger partial charge in [0, 0.05) is 18.2 Å². The third-order valence-corrected chi connectivity index (χ3v) is 4.67. The molecule has 1 aliphatic carbocycles. The van der Waals surface area contributed by atoms with Crippen LogP contribution < -0.4 is 16.5 Å². The molecule has 1 heterocycles. The summed E-state index contributed by atoms with van der Waals surface area (Å²) < 4.78 is 18.6. The van der Waals surface area contributed by atoms with Crippen molar-refractivity contribution in [3.63, 3.8) is 0 Å². The Morgan fingerprint density at radius 2 is 2.00 bits per heavy atom. The summed E-state index contributed by atoms with van der Waals surface area (Å²) in [7, 11) is 0. The van der Waals surface area contributed by atoms with Gasteiger partial charge in [-0.25, -0.2) is 4.39 Å². The Morgan fingerprint density at radius 3 is 2.75 bits per heavy atom. The molecule has 0 unspecified atom stereocenters. The largest absolute Gasteiger partial charge is 0.451 e. The fraction of sp³-hybridized carbons (Fsp3) is 0.444. The second-order valence-corrected chi connectivity index (χ2v) is 6.54. The van der Waals surface area contributed by atoms with Crippen LogP contribution >= 0.6 is 0 Å². The molecule has 1 fully saturated rings. The highest BCUT2D eigenvalue weighted by atomic mass is 19.1. The summed E-state index contributed by atoms with van der Waals surface area (Å²) in [6.45, 7) is 0.431. The van der Waals surface area contributed by atoms with E-state index in [0.29, 0.717) is 13.0 Å². The third-order valence-electron chi connectivity index (χ3n) is 4.67. The maximum absolute atomic E-state index is 13.2. The molecule has 24 heavy (non-hydrogen) atoms. The first-order valence-electron chi connectivity index (χ1n) is 8.27. The molecule has 1 saturated carbocycles. The van der Waals surface area contributed by atoms with Gasteiger partial charge in [-0.3, -0.25) is 9.59 Å². The lowest BCUT2D eigenvalue weighted by atomic mass is 9.80. The molecular weight excluding hydrogens is 311 g/mol. The van der Waals surface area contributed by atoms with Crippen LogP contribution in [0.4, 0.5) is 4.39 Å². The van der Waals surface area contributed by atoms with E-state index in [4.69, 9.17) is 10.2 Å². The molecule has 1 aromatic heterocycles. The summed E-state index contributed by atoms with van der Waals surface area (Å²) in [5, 5.41) is 2.87. The number of amides is 1. The number of rotatable bonds is 4. The average Bonchev–Trinajstić information content (AvgIpc) is 2.55. The van der Waals surface area contributed by atoms with Crippen LogP contribution in [0.3, 0.4) is 0 Å². The van der Waals surface area contributed by atoms with Crippen molar-refractivity contribution in [2.24, 2.45) is 5.73 Å². The van der Waals surface area contributed by atoms with Crippen LogP contribution in [0.15, 0.2) is 33.5 Å². The monoisotopic (exact) mass is 332 g/mol. The van der Waals surface area contributed by atoms with Crippen molar-refractivity contribution >= 4 is 16.9 Å². The van der Waals surface area contributed by atoms with Crippen molar-refractivity contribution in [3.05, 3.63) is 46.1 Å². The number of hydrogen-bond acceptors (Lipinski definition) is 4. The van der Waals surface area contributed by atoms with E-state index in [1.54, 1.807) is 0 Å². The molecule has 3 N–H and O–H groups in total. The lowest BCUT2D eigenvalue weighted by Gasteiger charge is -2.33. The topological polar surface area (TPSA) is 85.3 Å². The molecule has 1 aromatic carbocycles. The van der Waals surface area contributed by atoms with Gasteiger partial charge in [-0.05, 0) is 37.5 Å². The maximum atomic E-state index is 13.2. The number of benzene rings is 1. The Kier molecular flexibility index (Phi) is 4.66. The number of hydrogen-bond donors (Lipinski definition) is 2. The van der Waals surface area contributed by atoms with Crippen LogP contribution in [-0.4, -0.2) is 18.0 Å². The van der Waals surface area contributed by atoms with E-state index in [0.717, 1.165) is 37.8 Å². The SMILES string of the molecule is NC1(CCNC(=O)c2cc(=O)c3cc(F)ccc3o2)CCCCC1. The maximum Gasteiger partial charge on any atom is 0.287 e. The smallest absolute Gasteiger partial charge is 0.287 e. The zero-order valence-corrected chi connectivity index (χ0v) is 13.4. The normalized spacial score (nSPS) is 16.9. The first-order valence-corrected chi connectivity index (χ1v) is 8.27. The number of nitrogens with one attached hydrogen (secondary N) is 1. The van der Waals surface area contributed by atoms with Gasteiger partial charge < -0.3 is 15.5 Å². The number of halogens is 1. The number of nitrogens with two attached hydrogens (primary N) is 1. The fourth-order valence-corrected chi connectivity index (χ4v) is 3.26. The van der Waals surface area contributed by atoms with E-state index in [1.807, 2.05) is 0 Å². The number of carbonyl (C=O) groups is 1. The summed E-state index contributed by atoms with van der Waals surface area (Å²) in [6, 6.07) is 4.73. The third kappa shape index (κ3) is 3.64. The molecular formula is C18H21FN2O3. The quantitative estimate of drug-likeness (QED) is 0.901. The molecule has 6 heteroatoms. The van der Waals surface area contributed by atoms with Crippen LogP contribution in [0.5, 0.6) is 0 Å². The molecule has 0 radical (unpaired) electrons. The second-order valence-electron chi connectivity index (χ2n) is 6.54. The lowest BCUT2D eigenvalue weighted by molar-refractivity contribution is 0.0922. The lowest BCUT2D eigenvalue weighted by Crippen LogP contribution is -2.44. The Labute approximate surface area is 139 Å². The molecule has 128 valence electrons. The van der Waals surface area contributed by atoms with E-state index in [9.17, 15) is 14.0 Å².